The molecule has 0 radical (unpaired) electrons. The molecule has 2 heterocycles. The van der Waals surface area contributed by atoms with Crippen LogP contribution in [0.4, 0.5) is 5.69 Å². The van der Waals surface area contributed by atoms with Gasteiger partial charge in [-0.1, -0.05) is 18.2 Å². The largest absolute Gasteiger partial charge is 0.373 e. The molecule has 0 saturated carbocycles. The highest BCUT2D eigenvalue weighted by molar-refractivity contribution is 5.41. The SMILES string of the molecule is CC(Nc1cnn(C(C)(C)C)c1)c1nnnn1-c1ccccc1. The van der Waals surface area contributed by atoms with Gasteiger partial charge in [0.05, 0.1) is 29.2 Å². The van der Waals surface area contributed by atoms with Gasteiger partial charge in [0.2, 0.25) is 0 Å². The fourth-order valence-electron chi connectivity index (χ4n) is 2.30. The second-order valence-electron chi connectivity index (χ2n) is 6.49. The monoisotopic (exact) mass is 311 g/mol. The summed E-state index contributed by atoms with van der Waals surface area (Å²) in [6, 6.07) is 9.80. The normalized spacial score (nSPS) is 13.0. The van der Waals surface area contributed by atoms with Gasteiger partial charge in [0, 0.05) is 6.20 Å². The fourth-order valence-corrected chi connectivity index (χ4v) is 2.30. The van der Waals surface area contributed by atoms with Crippen molar-refractivity contribution < 1.29 is 0 Å². The summed E-state index contributed by atoms with van der Waals surface area (Å²) in [5.74, 6) is 0.750. The third-order valence-electron chi connectivity index (χ3n) is 3.53. The van der Waals surface area contributed by atoms with Crippen LogP contribution < -0.4 is 5.32 Å². The summed E-state index contributed by atoms with van der Waals surface area (Å²) in [4.78, 5) is 0. The average molecular weight is 311 g/mol. The number of nitrogens with one attached hydrogen (secondary N) is 1. The van der Waals surface area contributed by atoms with Gasteiger partial charge in [-0.05, 0) is 50.3 Å². The minimum atomic E-state index is -0.0529. The van der Waals surface area contributed by atoms with Gasteiger partial charge in [-0.15, -0.1) is 5.10 Å². The van der Waals surface area contributed by atoms with E-state index in [0.717, 1.165) is 17.2 Å². The maximum Gasteiger partial charge on any atom is 0.178 e. The molecule has 0 bridgehead atoms. The van der Waals surface area contributed by atoms with Crippen LogP contribution in [0.1, 0.15) is 39.6 Å². The number of nitrogens with zero attached hydrogens (tertiary/aromatic N) is 6. The summed E-state index contributed by atoms with van der Waals surface area (Å²) in [5.41, 5.74) is 1.83. The topological polar surface area (TPSA) is 73.5 Å². The number of para-hydroxylation sites is 1. The van der Waals surface area contributed by atoms with Crippen LogP contribution in [-0.4, -0.2) is 30.0 Å². The summed E-state index contributed by atoms with van der Waals surface area (Å²) in [6.45, 7) is 8.37. The van der Waals surface area contributed by atoms with Crippen molar-refractivity contribution in [3.63, 3.8) is 0 Å². The summed E-state index contributed by atoms with van der Waals surface area (Å²) in [5, 5.41) is 19.9. The Morgan fingerprint density at radius 3 is 2.52 bits per heavy atom. The quantitative estimate of drug-likeness (QED) is 0.802. The molecule has 7 nitrogen and oxygen atoms in total. The molecule has 23 heavy (non-hydrogen) atoms. The Bertz CT molecular complexity index is 767. The highest BCUT2D eigenvalue weighted by Gasteiger charge is 2.18. The van der Waals surface area contributed by atoms with Crippen molar-refractivity contribution in [2.24, 2.45) is 0 Å². The summed E-state index contributed by atoms with van der Waals surface area (Å²) >= 11 is 0. The molecule has 7 heteroatoms. The first-order valence-electron chi connectivity index (χ1n) is 7.60. The lowest BCUT2D eigenvalue weighted by Gasteiger charge is -2.19. The van der Waals surface area contributed by atoms with Gasteiger partial charge in [-0.2, -0.15) is 9.78 Å². The van der Waals surface area contributed by atoms with E-state index in [1.807, 2.05) is 54.3 Å². The molecular formula is C16H21N7. The molecule has 0 aliphatic heterocycles. The Balaban J connectivity index is 1.81. The van der Waals surface area contributed by atoms with E-state index in [9.17, 15) is 0 Å². The maximum absolute atomic E-state index is 4.40. The van der Waals surface area contributed by atoms with Crippen LogP contribution in [0, 0.1) is 0 Å². The highest BCUT2D eigenvalue weighted by atomic mass is 15.5. The number of hydrogen-bond donors (Lipinski definition) is 1. The number of benzene rings is 1. The van der Waals surface area contributed by atoms with E-state index in [0.29, 0.717) is 0 Å². The van der Waals surface area contributed by atoms with Gasteiger partial charge in [0.25, 0.3) is 0 Å². The third kappa shape index (κ3) is 3.23. The zero-order valence-electron chi connectivity index (χ0n) is 13.8. The molecule has 3 rings (SSSR count). The van der Waals surface area contributed by atoms with E-state index >= 15 is 0 Å². The Labute approximate surface area is 135 Å². The first-order chi connectivity index (χ1) is 10.9. The average Bonchev–Trinajstić information content (AvgIpc) is 3.16. The van der Waals surface area contributed by atoms with Crippen molar-refractivity contribution in [1.82, 2.24) is 30.0 Å². The van der Waals surface area contributed by atoms with Gasteiger partial charge < -0.3 is 5.32 Å². The zero-order valence-corrected chi connectivity index (χ0v) is 13.8. The summed E-state index contributed by atoms with van der Waals surface area (Å²) in [7, 11) is 0. The number of aromatic nitrogens is 6. The van der Waals surface area contributed by atoms with E-state index in [1.54, 1.807) is 4.68 Å². The molecule has 0 saturated heterocycles. The molecule has 2 aromatic heterocycles. The van der Waals surface area contributed by atoms with Gasteiger partial charge in [0.1, 0.15) is 0 Å². The molecule has 1 N–H and O–H groups in total. The van der Waals surface area contributed by atoms with E-state index in [1.165, 1.54) is 0 Å². The second kappa shape index (κ2) is 5.83. The first kappa shape index (κ1) is 15.2. The lowest BCUT2D eigenvalue weighted by atomic mass is 10.1. The molecule has 1 aromatic carbocycles. The van der Waals surface area contributed by atoms with Crippen LogP contribution in [-0.2, 0) is 5.54 Å². The second-order valence-corrected chi connectivity index (χ2v) is 6.49. The minimum absolute atomic E-state index is 0.0468. The predicted octanol–water partition coefficient (Wildman–Crippen LogP) is 2.79. The number of tetrazole rings is 1. The van der Waals surface area contributed by atoms with Gasteiger partial charge >= 0.3 is 0 Å². The number of rotatable bonds is 4. The maximum atomic E-state index is 4.40. The van der Waals surface area contributed by atoms with E-state index in [2.05, 4.69) is 46.7 Å². The fraction of sp³-hybridized carbons (Fsp3) is 0.375. The van der Waals surface area contributed by atoms with Crippen LogP contribution in [0.3, 0.4) is 0 Å². The molecule has 1 atom stereocenters. The standard InChI is InChI=1S/C16H21N7/c1-12(18-13-10-17-22(11-13)16(2,3)4)15-19-20-21-23(15)14-8-6-5-7-9-14/h5-12,18H,1-4H3. The zero-order chi connectivity index (χ0) is 16.4. The predicted molar refractivity (Wildman–Crippen MR) is 88.4 cm³/mol. The van der Waals surface area contributed by atoms with E-state index in [4.69, 9.17) is 0 Å². The van der Waals surface area contributed by atoms with Gasteiger partial charge in [-0.3, -0.25) is 4.68 Å². The molecule has 0 spiro atoms. The van der Waals surface area contributed by atoms with Crippen molar-refractivity contribution in [3.05, 3.63) is 48.5 Å². The van der Waals surface area contributed by atoms with Crippen LogP contribution in [0.5, 0.6) is 0 Å². The first-order valence-corrected chi connectivity index (χ1v) is 7.60. The van der Waals surface area contributed by atoms with Crippen molar-refractivity contribution in [2.75, 3.05) is 5.32 Å². The summed E-state index contributed by atoms with van der Waals surface area (Å²) in [6.07, 6.45) is 3.81. The molecule has 0 aliphatic rings. The van der Waals surface area contributed by atoms with E-state index < -0.39 is 0 Å². The lowest BCUT2D eigenvalue weighted by Crippen LogP contribution is -2.22. The lowest BCUT2D eigenvalue weighted by molar-refractivity contribution is 0.355. The molecule has 3 aromatic rings. The van der Waals surface area contributed by atoms with Crippen LogP contribution in [0.15, 0.2) is 42.7 Å². The van der Waals surface area contributed by atoms with Crippen molar-refractivity contribution in [3.8, 4) is 5.69 Å². The number of hydrogen-bond acceptors (Lipinski definition) is 5. The molecular weight excluding hydrogens is 290 g/mol. The van der Waals surface area contributed by atoms with Crippen LogP contribution >= 0.6 is 0 Å². The van der Waals surface area contributed by atoms with Crippen molar-refractivity contribution in [2.45, 2.75) is 39.3 Å². The summed E-state index contributed by atoms with van der Waals surface area (Å²) < 4.78 is 3.67. The molecule has 0 amide bonds. The van der Waals surface area contributed by atoms with Crippen molar-refractivity contribution >= 4 is 5.69 Å². The Morgan fingerprint density at radius 1 is 1.13 bits per heavy atom. The minimum Gasteiger partial charge on any atom is -0.373 e. The van der Waals surface area contributed by atoms with Crippen LogP contribution in [0.2, 0.25) is 0 Å². The van der Waals surface area contributed by atoms with Gasteiger partial charge in [0.15, 0.2) is 5.82 Å². The Morgan fingerprint density at radius 2 is 1.87 bits per heavy atom. The molecule has 0 aliphatic carbocycles. The number of anilines is 1. The third-order valence-corrected chi connectivity index (χ3v) is 3.53. The Kier molecular flexibility index (Phi) is 3.85. The van der Waals surface area contributed by atoms with Gasteiger partial charge in [-0.25, -0.2) is 0 Å². The Hall–Kier alpha value is -2.70. The molecule has 1 unspecified atom stereocenters. The molecule has 0 fully saturated rings. The molecule has 120 valence electrons. The van der Waals surface area contributed by atoms with Crippen LogP contribution in [0.25, 0.3) is 5.69 Å². The van der Waals surface area contributed by atoms with Crippen molar-refractivity contribution in [1.29, 1.82) is 0 Å². The smallest absolute Gasteiger partial charge is 0.178 e. The van der Waals surface area contributed by atoms with E-state index in [-0.39, 0.29) is 11.6 Å². The highest BCUT2D eigenvalue weighted by Crippen LogP contribution is 2.21.